The molecule has 3 rings (SSSR count). The van der Waals surface area contributed by atoms with Crippen molar-refractivity contribution in [3.8, 4) is 0 Å². The zero-order chi connectivity index (χ0) is 20.3. The molecule has 0 aliphatic rings. The second kappa shape index (κ2) is 8.59. The van der Waals surface area contributed by atoms with Gasteiger partial charge in [-0.3, -0.25) is 9.13 Å². The number of nitrogens with zero attached hydrogens (tertiary/aromatic N) is 4. The molecule has 2 heterocycles. The van der Waals surface area contributed by atoms with Crippen molar-refractivity contribution < 1.29 is 4.74 Å². The van der Waals surface area contributed by atoms with Crippen LogP contribution in [0.3, 0.4) is 0 Å². The third kappa shape index (κ3) is 4.71. The molecular weight excluding hydrogens is 392 g/mol. The highest BCUT2D eigenvalue weighted by molar-refractivity contribution is 6.76. The summed E-state index contributed by atoms with van der Waals surface area (Å²) in [6.45, 7) is 10.6. The van der Waals surface area contributed by atoms with Gasteiger partial charge in [-0.05, 0) is 30.1 Å². The van der Waals surface area contributed by atoms with E-state index in [1.165, 1.54) is 0 Å². The van der Waals surface area contributed by atoms with Gasteiger partial charge in [0.05, 0.1) is 25.4 Å². The highest BCUT2D eigenvalue weighted by Crippen LogP contribution is 2.21. The Labute approximate surface area is 171 Å². The SMILES string of the molecule is C[C@H](c1ccccc1)n1c(=O)n(CCOCC[Si](C)(C)C)c2cnc(Cl)nc21. The molecule has 0 amide bonds. The molecule has 0 spiro atoms. The first-order chi connectivity index (χ1) is 13.3. The van der Waals surface area contributed by atoms with Gasteiger partial charge in [0.2, 0.25) is 5.28 Å². The van der Waals surface area contributed by atoms with Crippen LogP contribution in [-0.4, -0.2) is 40.4 Å². The zero-order valence-corrected chi connectivity index (χ0v) is 18.6. The van der Waals surface area contributed by atoms with E-state index in [4.69, 9.17) is 16.3 Å². The second-order valence-electron chi connectivity index (χ2n) is 8.16. The first kappa shape index (κ1) is 20.8. The monoisotopic (exact) mass is 418 g/mol. The van der Waals surface area contributed by atoms with E-state index in [0.29, 0.717) is 24.3 Å². The van der Waals surface area contributed by atoms with Crippen molar-refractivity contribution >= 4 is 30.8 Å². The molecule has 0 aliphatic heterocycles. The van der Waals surface area contributed by atoms with Gasteiger partial charge >= 0.3 is 5.69 Å². The van der Waals surface area contributed by atoms with Crippen LogP contribution in [0.1, 0.15) is 18.5 Å². The molecule has 0 radical (unpaired) electrons. The molecule has 2 aromatic heterocycles. The Morgan fingerprint density at radius 2 is 1.89 bits per heavy atom. The minimum Gasteiger partial charge on any atom is -0.380 e. The molecule has 0 fully saturated rings. The van der Waals surface area contributed by atoms with Crippen LogP contribution in [-0.2, 0) is 11.3 Å². The molecule has 0 bridgehead atoms. The molecule has 0 saturated heterocycles. The number of hydrogen-bond acceptors (Lipinski definition) is 4. The number of hydrogen-bond donors (Lipinski definition) is 0. The molecule has 150 valence electrons. The maximum atomic E-state index is 13.2. The minimum absolute atomic E-state index is 0.128. The maximum absolute atomic E-state index is 13.2. The Bertz CT molecular complexity index is 995. The van der Waals surface area contributed by atoms with E-state index in [0.717, 1.165) is 18.2 Å². The van der Waals surface area contributed by atoms with E-state index in [2.05, 4.69) is 29.6 Å². The van der Waals surface area contributed by atoms with Crippen molar-refractivity contribution in [3.63, 3.8) is 0 Å². The van der Waals surface area contributed by atoms with Gasteiger partial charge in [0.1, 0.15) is 5.52 Å². The van der Waals surface area contributed by atoms with Crippen LogP contribution in [0.5, 0.6) is 0 Å². The summed E-state index contributed by atoms with van der Waals surface area (Å²) in [5.74, 6) is 0. The van der Waals surface area contributed by atoms with E-state index in [-0.39, 0.29) is 17.0 Å². The van der Waals surface area contributed by atoms with Gasteiger partial charge in [-0.1, -0.05) is 50.0 Å². The van der Waals surface area contributed by atoms with Crippen LogP contribution in [0.15, 0.2) is 41.3 Å². The summed E-state index contributed by atoms with van der Waals surface area (Å²) in [7, 11) is -1.13. The lowest BCUT2D eigenvalue weighted by atomic mass is 10.1. The van der Waals surface area contributed by atoms with Crippen molar-refractivity contribution in [2.45, 2.75) is 45.2 Å². The van der Waals surface area contributed by atoms with Crippen molar-refractivity contribution in [1.29, 1.82) is 0 Å². The van der Waals surface area contributed by atoms with E-state index >= 15 is 0 Å². The smallest absolute Gasteiger partial charge is 0.331 e. The Hall–Kier alpha value is -1.96. The lowest BCUT2D eigenvalue weighted by Crippen LogP contribution is -2.28. The molecule has 0 saturated carbocycles. The molecule has 8 heteroatoms. The highest BCUT2D eigenvalue weighted by atomic mass is 35.5. The first-order valence-electron chi connectivity index (χ1n) is 9.54. The number of imidazole rings is 1. The summed E-state index contributed by atoms with van der Waals surface area (Å²) in [5, 5.41) is 0.130. The lowest BCUT2D eigenvalue weighted by Gasteiger charge is -2.15. The van der Waals surface area contributed by atoms with Gasteiger partial charge in [-0.2, -0.15) is 4.98 Å². The topological polar surface area (TPSA) is 61.9 Å². The summed E-state index contributed by atoms with van der Waals surface area (Å²) in [6.07, 6.45) is 1.61. The van der Waals surface area contributed by atoms with E-state index in [1.54, 1.807) is 15.3 Å². The van der Waals surface area contributed by atoms with E-state index in [9.17, 15) is 4.79 Å². The van der Waals surface area contributed by atoms with Gasteiger partial charge in [0, 0.05) is 14.7 Å². The average Bonchev–Trinajstić information content (AvgIpc) is 2.91. The van der Waals surface area contributed by atoms with Gasteiger partial charge in [0.25, 0.3) is 0 Å². The highest BCUT2D eigenvalue weighted by Gasteiger charge is 2.20. The lowest BCUT2D eigenvalue weighted by molar-refractivity contribution is 0.138. The van der Waals surface area contributed by atoms with Crippen molar-refractivity contribution in [2.75, 3.05) is 13.2 Å². The fourth-order valence-corrected chi connectivity index (χ4v) is 4.00. The fraction of sp³-hybridized carbons (Fsp3) is 0.450. The molecular formula is C20H27ClN4O2Si. The zero-order valence-electron chi connectivity index (χ0n) is 16.9. The minimum atomic E-state index is -1.13. The second-order valence-corrected chi connectivity index (χ2v) is 14.1. The quantitative estimate of drug-likeness (QED) is 0.312. The van der Waals surface area contributed by atoms with Crippen LogP contribution in [0.25, 0.3) is 11.2 Å². The summed E-state index contributed by atoms with van der Waals surface area (Å²) in [4.78, 5) is 21.6. The third-order valence-electron chi connectivity index (χ3n) is 4.80. The van der Waals surface area contributed by atoms with Crippen LogP contribution < -0.4 is 5.69 Å². The largest absolute Gasteiger partial charge is 0.380 e. The van der Waals surface area contributed by atoms with Crippen LogP contribution in [0.2, 0.25) is 31.0 Å². The number of benzene rings is 1. The van der Waals surface area contributed by atoms with E-state index < -0.39 is 8.07 Å². The number of aromatic nitrogens is 4. The van der Waals surface area contributed by atoms with Crippen molar-refractivity contribution in [1.82, 2.24) is 19.1 Å². The molecule has 6 nitrogen and oxygen atoms in total. The standard InChI is InChI=1S/C20H27ClN4O2Si/c1-15(16-8-6-5-7-9-16)25-18-17(14-22-19(21)23-18)24(20(25)26)10-11-27-12-13-28(2,3)4/h5-9,14-15H,10-13H2,1-4H3/t15-/m1/s1. The summed E-state index contributed by atoms with van der Waals surface area (Å²) in [6, 6.07) is 10.8. The number of ether oxygens (including phenoxy) is 1. The van der Waals surface area contributed by atoms with Crippen LogP contribution in [0, 0.1) is 0 Å². The Morgan fingerprint density at radius 1 is 1.18 bits per heavy atom. The molecule has 0 unspecified atom stereocenters. The van der Waals surface area contributed by atoms with Gasteiger partial charge in [-0.25, -0.2) is 9.78 Å². The van der Waals surface area contributed by atoms with Crippen molar-refractivity contribution in [3.05, 3.63) is 57.9 Å². The maximum Gasteiger partial charge on any atom is 0.331 e. The predicted molar refractivity (Wildman–Crippen MR) is 116 cm³/mol. The molecule has 1 aromatic carbocycles. The Kier molecular flexibility index (Phi) is 6.37. The molecule has 3 aromatic rings. The summed E-state index contributed by atoms with van der Waals surface area (Å²) >= 11 is 6.02. The van der Waals surface area contributed by atoms with E-state index in [1.807, 2.05) is 37.3 Å². The van der Waals surface area contributed by atoms with Gasteiger partial charge < -0.3 is 4.74 Å². The van der Waals surface area contributed by atoms with Gasteiger partial charge in [-0.15, -0.1) is 0 Å². The molecule has 28 heavy (non-hydrogen) atoms. The molecule has 0 N–H and O–H groups in total. The molecule has 1 atom stereocenters. The summed E-state index contributed by atoms with van der Waals surface area (Å²) < 4.78 is 9.16. The number of rotatable bonds is 8. The average molecular weight is 419 g/mol. The van der Waals surface area contributed by atoms with Crippen LogP contribution >= 0.6 is 11.6 Å². The third-order valence-corrected chi connectivity index (χ3v) is 6.69. The Morgan fingerprint density at radius 3 is 2.57 bits per heavy atom. The van der Waals surface area contributed by atoms with Crippen LogP contribution in [0.4, 0.5) is 0 Å². The van der Waals surface area contributed by atoms with Crippen molar-refractivity contribution in [2.24, 2.45) is 0 Å². The first-order valence-corrected chi connectivity index (χ1v) is 13.6. The molecule has 0 aliphatic carbocycles. The van der Waals surface area contributed by atoms with Gasteiger partial charge in [0.15, 0.2) is 5.65 Å². The Balaban J connectivity index is 1.89. The fourth-order valence-electron chi connectivity index (χ4n) is 3.12. The normalized spacial score (nSPS) is 13.2. The summed E-state index contributed by atoms with van der Waals surface area (Å²) in [5.41, 5.74) is 2.12. The predicted octanol–water partition coefficient (Wildman–Crippen LogP) is 4.21. The number of fused-ring (bicyclic) bond motifs is 1. The number of halogens is 1.